The molecule has 19 heavy (non-hydrogen) atoms. The molecule has 106 valence electrons. The van der Waals surface area contributed by atoms with E-state index in [9.17, 15) is 12.6 Å². The molecule has 0 unspecified atom stereocenters. The van der Waals surface area contributed by atoms with Crippen LogP contribution in [-0.2, 0) is 20.8 Å². The Balaban J connectivity index is 2.22. The van der Waals surface area contributed by atoms with E-state index in [0.717, 1.165) is 5.56 Å². The molecule has 4 nitrogen and oxygen atoms in total. The Hall–Kier alpha value is -0.720. The summed E-state index contributed by atoms with van der Waals surface area (Å²) in [5.74, 6) is 1.25. The van der Waals surface area contributed by atoms with Crippen molar-refractivity contribution < 1.29 is 12.6 Å². The molecule has 1 heterocycles. The minimum absolute atomic E-state index is 0.324. The van der Waals surface area contributed by atoms with E-state index in [1.807, 2.05) is 12.1 Å². The van der Waals surface area contributed by atoms with E-state index in [4.69, 9.17) is 0 Å². The van der Waals surface area contributed by atoms with Gasteiger partial charge in [0.05, 0.1) is 4.90 Å². The first-order chi connectivity index (χ1) is 8.91. The van der Waals surface area contributed by atoms with Gasteiger partial charge in [-0.25, -0.2) is 8.42 Å². The lowest BCUT2D eigenvalue weighted by atomic mass is 10.0. The summed E-state index contributed by atoms with van der Waals surface area (Å²) in [5.41, 5.74) is 1.12. The van der Waals surface area contributed by atoms with Gasteiger partial charge < -0.3 is 0 Å². The van der Waals surface area contributed by atoms with Crippen molar-refractivity contribution in [3.05, 3.63) is 29.8 Å². The average Bonchev–Trinajstić information content (AvgIpc) is 2.39. The molecule has 0 saturated carbocycles. The normalized spacial score (nSPS) is 18.9. The summed E-state index contributed by atoms with van der Waals surface area (Å²) in [7, 11) is -4.30. The molecule has 1 aromatic rings. The second kappa shape index (κ2) is 5.73. The van der Waals surface area contributed by atoms with E-state index in [0.29, 0.717) is 35.4 Å². The fourth-order valence-corrected chi connectivity index (χ4v) is 4.76. The fourth-order valence-electron chi connectivity index (χ4n) is 2.04. The molecule has 1 aliphatic heterocycles. The molecule has 6 heteroatoms. The van der Waals surface area contributed by atoms with Crippen molar-refractivity contribution in [2.45, 2.75) is 24.7 Å². The number of sulfonamides is 1. The Morgan fingerprint density at radius 3 is 2.11 bits per heavy atom. The van der Waals surface area contributed by atoms with E-state index in [1.54, 1.807) is 12.1 Å². The Morgan fingerprint density at radius 2 is 1.63 bits per heavy atom. The van der Waals surface area contributed by atoms with Crippen LogP contribution in [-0.4, -0.2) is 41.5 Å². The zero-order valence-electron chi connectivity index (χ0n) is 11.2. The highest BCUT2D eigenvalue weighted by Crippen LogP contribution is 2.21. The van der Waals surface area contributed by atoms with E-state index < -0.39 is 20.8 Å². The lowest BCUT2D eigenvalue weighted by molar-refractivity contribution is 0.438. The molecule has 0 aliphatic carbocycles. The van der Waals surface area contributed by atoms with Crippen LogP contribution in [0.2, 0.25) is 0 Å². The van der Waals surface area contributed by atoms with Crippen molar-refractivity contribution in [1.82, 2.24) is 4.31 Å². The molecule has 1 saturated heterocycles. The first-order valence-electron chi connectivity index (χ1n) is 6.36. The summed E-state index contributed by atoms with van der Waals surface area (Å²) >= 11 is 0. The lowest BCUT2D eigenvalue weighted by Crippen LogP contribution is -2.41. The van der Waals surface area contributed by atoms with Gasteiger partial charge in [0.25, 0.3) is 0 Å². The Labute approximate surface area is 117 Å². The number of rotatable bonds is 3. The maximum absolute atomic E-state index is 12.4. The first kappa shape index (κ1) is 14.7. The van der Waals surface area contributed by atoms with Crippen molar-refractivity contribution in [2.24, 2.45) is 0 Å². The Kier molecular flexibility index (Phi) is 4.43. The van der Waals surface area contributed by atoms with Crippen LogP contribution in [0.3, 0.4) is 0 Å². The SMILES string of the molecule is CC(C)c1ccc(S(=O)(=O)N2CCS(=O)CC2)cc1. The third kappa shape index (κ3) is 3.24. The van der Waals surface area contributed by atoms with Crippen LogP contribution in [0.1, 0.15) is 25.3 Å². The van der Waals surface area contributed by atoms with E-state index in [-0.39, 0.29) is 0 Å². The standard InChI is InChI=1S/C13H19NO3S2/c1-11(2)12-3-5-13(6-4-12)19(16,17)14-7-9-18(15)10-8-14/h3-6,11H,7-10H2,1-2H3. The van der Waals surface area contributed by atoms with Gasteiger partial charge in [-0.1, -0.05) is 26.0 Å². The molecule has 2 rings (SSSR count). The summed E-state index contributed by atoms with van der Waals surface area (Å²) in [5, 5.41) is 0. The fraction of sp³-hybridized carbons (Fsp3) is 0.538. The lowest BCUT2D eigenvalue weighted by Gasteiger charge is -2.25. The van der Waals surface area contributed by atoms with Gasteiger partial charge in [0, 0.05) is 35.4 Å². The van der Waals surface area contributed by atoms with Crippen LogP contribution in [0.15, 0.2) is 29.2 Å². The molecule has 0 radical (unpaired) electrons. The Morgan fingerprint density at radius 1 is 1.11 bits per heavy atom. The van der Waals surface area contributed by atoms with Crippen LogP contribution in [0.25, 0.3) is 0 Å². The number of hydrogen-bond acceptors (Lipinski definition) is 3. The number of hydrogen-bond donors (Lipinski definition) is 0. The van der Waals surface area contributed by atoms with E-state index in [1.165, 1.54) is 4.31 Å². The molecule has 0 N–H and O–H groups in total. The van der Waals surface area contributed by atoms with Gasteiger partial charge in [-0.3, -0.25) is 4.21 Å². The largest absolute Gasteiger partial charge is 0.259 e. The van der Waals surface area contributed by atoms with Gasteiger partial charge in [-0.15, -0.1) is 0 Å². The highest BCUT2D eigenvalue weighted by atomic mass is 32.2. The highest BCUT2D eigenvalue weighted by Gasteiger charge is 2.27. The predicted octanol–water partition coefficient (Wildman–Crippen LogP) is 1.56. The zero-order chi connectivity index (χ0) is 14.0. The highest BCUT2D eigenvalue weighted by molar-refractivity contribution is 7.89. The number of nitrogens with zero attached hydrogens (tertiary/aromatic N) is 1. The van der Waals surface area contributed by atoms with Crippen LogP contribution in [0.4, 0.5) is 0 Å². The van der Waals surface area contributed by atoms with E-state index >= 15 is 0 Å². The predicted molar refractivity (Wildman–Crippen MR) is 77.2 cm³/mol. The van der Waals surface area contributed by atoms with Crippen LogP contribution >= 0.6 is 0 Å². The third-order valence-electron chi connectivity index (χ3n) is 3.32. The summed E-state index contributed by atoms with van der Waals surface area (Å²) in [6.45, 7) is 4.84. The first-order valence-corrected chi connectivity index (χ1v) is 9.29. The second-order valence-electron chi connectivity index (χ2n) is 4.98. The molecular weight excluding hydrogens is 282 g/mol. The molecule has 0 amide bonds. The van der Waals surface area contributed by atoms with Gasteiger partial charge in [0.1, 0.15) is 0 Å². The molecule has 1 fully saturated rings. The van der Waals surface area contributed by atoms with Crippen molar-refractivity contribution in [3.8, 4) is 0 Å². The van der Waals surface area contributed by atoms with Crippen molar-refractivity contribution >= 4 is 20.8 Å². The summed E-state index contributed by atoms with van der Waals surface area (Å²) in [6, 6.07) is 7.05. The van der Waals surface area contributed by atoms with Gasteiger partial charge >= 0.3 is 0 Å². The van der Waals surface area contributed by atoms with Crippen molar-refractivity contribution in [3.63, 3.8) is 0 Å². The summed E-state index contributed by atoms with van der Waals surface area (Å²) in [6.07, 6.45) is 0. The van der Waals surface area contributed by atoms with Gasteiger partial charge in [-0.05, 0) is 23.6 Å². The van der Waals surface area contributed by atoms with Crippen molar-refractivity contribution in [2.75, 3.05) is 24.6 Å². The zero-order valence-corrected chi connectivity index (χ0v) is 12.8. The molecule has 0 aromatic heterocycles. The monoisotopic (exact) mass is 301 g/mol. The van der Waals surface area contributed by atoms with Crippen LogP contribution in [0, 0.1) is 0 Å². The topological polar surface area (TPSA) is 54.5 Å². The molecular formula is C13H19NO3S2. The van der Waals surface area contributed by atoms with Crippen molar-refractivity contribution in [1.29, 1.82) is 0 Å². The second-order valence-corrected chi connectivity index (χ2v) is 8.61. The van der Waals surface area contributed by atoms with Crippen LogP contribution in [0.5, 0.6) is 0 Å². The maximum Gasteiger partial charge on any atom is 0.243 e. The third-order valence-corrected chi connectivity index (χ3v) is 6.51. The van der Waals surface area contributed by atoms with Gasteiger partial charge in [0.2, 0.25) is 10.0 Å². The van der Waals surface area contributed by atoms with Gasteiger partial charge in [-0.2, -0.15) is 4.31 Å². The van der Waals surface area contributed by atoms with Crippen LogP contribution < -0.4 is 0 Å². The molecule has 0 bridgehead atoms. The average molecular weight is 301 g/mol. The summed E-state index contributed by atoms with van der Waals surface area (Å²) in [4.78, 5) is 0.324. The Bertz CT molecular complexity index is 554. The minimum atomic E-state index is -3.43. The molecule has 0 spiro atoms. The molecule has 0 atom stereocenters. The van der Waals surface area contributed by atoms with Gasteiger partial charge in [0.15, 0.2) is 0 Å². The number of benzene rings is 1. The van der Waals surface area contributed by atoms with E-state index in [2.05, 4.69) is 13.8 Å². The smallest absolute Gasteiger partial charge is 0.243 e. The minimum Gasteiger partial charge on any atom is -0.259 e. The quantitative estimate of drug-likeness (QED) is 0.851. The molecule has 1 aromatic carbocycles. The maximum atomic E-state index is 12.4. The molecule has 1 aliphatic rings. The summed E-state index contributed by atoms with van der Waals surface area (Å²) < 4.78 is 37.5.